The highest BCUT2D eigenvalue weighted by atomic mass is 16.1. The third-order valence-corrected chi connectivity index (χ3v) is 4.18. The number of hydrogen-bond acceptors (Lipinski definition) is 3. The van der Waals surface area contributed by atoms with Crippen LogP contribution in [0, 0.1) is 29.1 Å². The molecular weight excluding hydrogens is 262 g/mol. The van der Waals surface area contributed by atoms with Crippen LogP contribution in [0.1, 0.15) is 32.6 Å². The molecule has 114 valence electrons. The monoisotopic (exact) mass is 287 g/mol. The second-order valence-electron chi connectivity index (χ2n) is 5.53. The lowest BCUT2D eigenvalue weighted by Crippen LogP contribution is -2.30. The molecular formula is C17H25N3O. The molecule has 3 N–H and O–H groups in total. The van der Waals surface area contributed by atoms with Gasteiger partial charge in [-0.25, -0.2) is 0 Å². The van der Waals surface area contributed by atoms with Gasteiger partial charge in [0.15, 0.2) is 0 Å². The lowest BCUT2D eigenvalue weighted by molar-refractivity contribution is -0.121. The summed E-state index contributed by atoms with van der Waals surface area (Å²) in [6, 6.07) is 12.1. The molecule has 1 aromatic carbocycles. The summed E-state index contributed by atoms with van der Waals surface area (Å²) in [5, 5.41) is 11.8. The first-order valence-electron chi connectivity index (χ1n) is 7.51. The van der Waals surface area contributed by atoms with Crippen LogP contribution >= 0.6 is 0 Å². The molecule has 0 radical (unpaired) electrons. The van der Waals surface area contributed by atoms with Crippen LogP contribution in [0.15, 0.2) is 30.3 Å². The maximum Gasteiger partial charge on any atom is 0.235 e. The maximum atomic E-state index is 10.9. The highest BCUT2D eigenvalue weighted by molar-refractivity contribution is 5.79. The number of nitrogens with one attached hydrogen (secondary N) is 1. The van der Waals surface area contributed by atoms with E-state index in [1.165, 1.54) is 12.8 Å². The fourth-order valence-electron chi connectivity index (χ4n) is 2.80. The molecule has 0 heterocycles. The molecule has 4 nitrogen and oxygen atoms in total. The van der Waals surface area contributed by atoms with Crippen molar-refractivity contribution in [3.05, 3.63) is 30.3 Å². The second-order valence-corrected chi connectivity index (χ2v) is 5.53. The van der Waals surface area contributed by atoms with Crippen LogP contribution in [0.25, 0.3) is 0 Å². The summed E-state index contributed by atoms with van der Waals surface area (Å²) in [5.41, 5.74) is 6.31. The third kappa shape index (κ3) is 5.47. The van der Waals surface area contributed by atoms with E-state index in [1.807, 2.05) is 50.4 Å². The number of benzene rings is 1. The van der Waals surface area contributed by atoms with Crippen LogP contribution in [0.3, 0.4) is 0 Å². The van der Waals surface area contributed by atoms with Crippen LogP contribution in [-0.2, 0) is 4.79 Å². The zero-order chi connectivity index (χ0) is 15.7. The fraction of sp³-hybridized carbons (Fsp3) is 0.529. The molecule has 1 fully saturated rings. The standard InChI is InChI=1S/C10H16N2O.C7H9N/c1-7(8-4-2-3-5-8)9(6-11)10(12)13;1-8-7-5-3-2-4-6-7/h7-9H,2-5H2,1H3,(H2,12,13);2-6,8H,1H3. The van der Waals surface area contributed by atoms with Gasteiger partial charge in [-0.1, -0.05) is 50.8 Å². The van der Waals surface area contributed by atoms with Gasteiger partial charge in [0.2, 0.25) is 5.91 Å². The number of carbonyl (C=O) groups is 1. The van der Waals surface area contributed by atoms with Gasteiger partial charge in [0.25, 0.3) is 0 Å². The fourth-order valence-corrected chi connectivity index (χ4v) is 2.80. The van der Waals surface area contributed by atoms with E-state index in [1.54, 1.807) is 0 Å². The molecule has 0 spiro atoms. The number of nitriles is 1. The van der Waals surface area contributed by atoms with E-state index in [4.69, 9.17) is 11.0 Å². The third-order valence-electron chi connectivity index (χ3n) is 4.18. The van der Waals surface area contributed by atoms with Crippen LogP contribution in [0.4, 0.5) is 5.69 Å². The molecule has 1 aromatic rings. The highest BCUT2D eigenvalue weighted by Gasteiger charge is 2.31. The smallest absolute Gasteiger partial charge is 0.235 e. The SMILES string of the molecule is CC(C1CCCC1)C(C#N)C(N)=O.CNc1ccccc1. The molecule has 0 aromatic heterocycles. The lowest BCUT2D eigenvalue weighted by Gasteiger charge is -2.21. The number of nitrogens with two attached hydrogens (primary N) is 1. The zero-order valence-electron chi connectivity index (χ0n) is 12.9. The predicted octanol–water partition coefficient (Wildman–Crippen LogP) is 3.17. The number of hydrogen-bond donors (Lipinski definition) is 2. The van der Waals surface area contributed by atoms with Gasteiger partial charge in [-0.15, -0.1) is 0 Å². The van der Waals surface area contributed by atoms with E-state index >= 15 is 0 Å². The van der Waals surface area contributed by atoms with E-state index in [0.29, 0.717) is 5.92 Å². The quantitative estimate of drug-likeness (QED) is 0.892. The Morgan fingerprint density at radius 1 is 1.33 bits per heavy atom. The molecule has 21 heavy (non-hydrogen) atoms. The summed E-state index contributed by atoms with van der Waals surface area (Å²) in [7, 11) is 1.91. The summed E-state index contributed by atoms with van der Waals surface area (Å²) in [5.74, 6) is -0.410. The summed E-state index contributed by atoms with van der Waals surface area (Å²) in [6.07, 6.45) is 4.75. The van der Waals surface area contributed by atoms with Gasteiger partial charge >= 0.3 is 0 Å². The molecule has 1 aliphatic rings. The Balaban J connectivity index is 0.000000235. The first-order chi connectivity index (χ1) is 10.1. The number of primary amides is 1. The van der Waals surface area contributed by atoms with Crippen LogP contribution in [0.2, 0.25) is 0 Å². The van der Waals surface area contributed by atoms with Gasteiger partial charge in [0, 0.05) is 12.7 Å². The Labute approximate surface area is 127 Å². The number of amides is 1. The number of para-hydroxylation sites is 1. The summed E-state index contributed by atoms with van der Waals surface area (Å²) in [6.45, 7) is 1.97. The van der Waals surface area contributed by atoms with Crippen LogP contribution < -0.4 is 11.1 Å². The molecule has 1 saturated carbocycles. The first-order valence-corrected chi connectivity index (χ1v) is 7.51. The minimum Gasteiger partial charge on any atom is -0.388 e. The largest absolute Gasteiger partial charge is 0.388 e. The second kappa shape index (κ2) is 9.02. The Kier molecular flexibility index (Phi) is 7.31. The molecule has 0 saturated heterocycles. The molecule has 2 unspecified atom stereocenters. The molecule has 1 aliphatic carbocycles. The van der Waals surface area contributed by atoms with E-state index in [9.17, 15) is 4.79 Å². The molecule has 2 rings (SSSR count). The van der Waals surface area contributed by atoms with Crippen molar-refractivity contribution < 1.29 is 4.79 Å². The van der Waals surface area contributed by atoms with E-state index in [-0.39, 0.29) is 5.92 Å². The summed E-state index contributed by atoms with van der Waals surface area (Å²) in [4.78, 5) is 10.9. The van der Waals surface area contributed by atoms with E-state index < -0.39 is 11.8 Å². The Morgan fingerprint density at radius 3 is 2.29 bits per heavy atom. The van der Waals surface area contributed by atoms with Gasteiger partial charge in [-0.05, 0) is 24.0 Å². The number of anilines is 1. The average molecular weight is 287 g/mol. The predicted molar refractivity (Wildman–Crippen MR) is 85.4 cm³/mol. The van der Waals surface area contributed by atoms with Crippen molar-refractivity contribution in [3.8, 4) is 6.07 Å². The molecule has 2 atom stereocenters. The van der Waals surface area contributed by atoms with Gasteiger partial charge in [-0.2, -0.15) is 5.26 Å². The van der Waals surface area contributed by atoms with Gasteiger partial charge in [0.1, 0.15) is 5.92 Å². The summed E-state index contributed by atoms with van der Waals surface area (Å²) < 4.78 is 0. The highest BCUT2D eigenvalue weighted by Crippen LogP contribution is 2.34. The number of rotatable bonds is 4. The van der Waals surface area contributed by atoms with Gasteiger partial charge in [-0.3, -0.25) is 4.79 Å². The van der Waals surface area contributed by atoms with Crippen LogP contribution in [-0.4, -0.2) is 13.0 Å². The lowest BCUT2D eigenvalue weighted by atomic mass is 9.82. The van der Waals surface area contributed by atoms with Crippen molar-refractivity contribution in [1.29, 1.82) is 5.26 Å². The molecule has 0 bridgehead atoms. The normalized spacial score (nSPS) is 17.0. The average Bonchev–Trinajstić information content (AvgIpc) is 3.03. The molecule has 1 amide bonds. The Bertz CT molecular complexity index is 461. The Hall–Kier alpha value is -2.02. The van der Waals surface area contributed by atoms with Gasteiger partial charge < -0.3 is 11.1 Å². The minimum absolute atomic E-state index is 0.130. The summed E-state index contributed by atoms with van der Waals surface area (Å²) >= 11 is 0. The van der Waals surface area contributed by atoms with Crippen molar-refractivity contribution in [1.82, 2.24) is 0 Å². The maximum absolute atomic E-state index is 10.9. The number of nitrogens with zero attached hydrogens (tertiary/aromatic N) is 1. The van der Waals surface area contributed by atoms with Crippen molar-refractivity contribution in [3.63, 3.8) is 0 Å². The topological polar surface area (TPSA) is 78.9 Å². The van der Waals surface area contributed by atoms with Crippen molar-refractivity contribution in [2.75, 3.05) is 12.4 Å². The Morgan fingerprint density at radius 2 is 1.90 bits per heavy atom. The minimum atomic E-state index is -0.594. The molecule has 4 heteroatoms. The first kappa shape index (κ1) is 17.0. The van der Waals surface area contributed by atoms with Gasteiger partial charge in [0.05, 0.1) is 6.07 Å². The van der Waals surface area contributed by atoms with Crippen molar-refractivity contribution >= 4 is 11.6 Å². The molecule has 0 aliphatic heterocycles. The van der Waals surface area contributed by atoms with E-state index in [0.717, 1.165) is 18.5 Å². The zero-order valence-corrected chi connectivity index (χ0v) is 12.9. The van der Waals surface area contributed by atoms with Crippen molar-refractivity contribution in [2.45, 2.75) is 32.6 Å². The van der Waals surface area contributed by atoms with E-state index in [2.05, 4.69) is 5.32 Å². The number of carbonyl (C=O) groups excluding carboxylic acids is 1. The van der Waals surface area contributed by atoms with Crippen LogP contribution in [0.5, 0.6) is 0 Å². The van der Waals surface area contributed by atoms with Crippen molar-refractivity contribution in [2.24, 2.45) is 23.5 Å².